The Bertz CT molecular complexity index is 99.4. The third-order valence-corrected chi connectivity index (χ3v) is 3.17. The van der Waals surface area contributed by atoms with Crippen molar-refractivity contribution in [1.82, 2.24) is 0 Å². The molecule has 0 aromatic heterocycles. The Labute approximate surface area is 67.2 Å². The van der Waals surface area contributed by atoms with E-state index < -0.39 is 0 Å². The molecule has 0 saturated heterocycles. The molecule has 0 heterocycles. The minimum atomic E-state index is 0.377. The smallest absolute Gasteiger partial charge is 0.0487 e. The van der Waals surface area contributed by atoms with Crippen LogP contribution in [0.3, 0.4) is 0 Å². The minimum absolute atomic E-state index is 0.377. The fourth-order valence-electron chi connectivity index (χ4n) is 1.10. The Hall–Kier alpha value is 0.310. The molecule has 0 radical (unpaired) electrons. The summed E-state index contributed by atoms with van der Waals surface area (Å²) >= 11 is 1.98. The van der Waals surface area contributed by atoms with Gasteiger partial charge < -0.3 is 5.11 Å². The molecule has 1 aliphatic rings. The quantitative estimate of drug-likeness (QED) is 0.620. The summed E-state index contributed by atoms with van der Waals surface area (Å²) < 4.78 is 0. The molecule has 0 atom stereocenters. The molecule has 0 bridgehead atoms. The zero-order valence-corrected chi connectivity index (χ0v) is 7.41. The lowest BCUT2D eigenvalue weighted by Crippen LogP contribution is -2.07. The summed E-state index contributed by atoms with van der Waals surface area (Å²) in [6.07, 6.45) is 3.74. The molecule has 0 spiro atoms. The van der Waals surface area contributed by atoms with Gasteiger partial charge in [0.2, 0.25) is 0 Å². The van der Waals surface area contributed by atoms with Crippen LogP contribution in [-0.2, 0) is 0 Å². The summed E-state index contributed by atoms with van der Waals surface area (Å²) in [5.41, 5.74) is 0.377. The number of aliphatic hydroxyl groups is 1. The van der Waals surface area contributed by atoms with E-state index in [-0.39, 0.29) is 0 Å². The molecular weight excluding hydrogens is 144 g/mol. The van der Waals surface area contributed by atoms with Crippen LogP contribution in [0.5, 0.6) is 0 Å². The lowest BCUT2D eigenvalue weighted by atomic mass is 10.1. The summed E-state index contributed by atoms with van der Waals surface area (Å²) in [5, 5.41) is 8.95. The molecule has 0 aromatic rings. The van der Waals surface area contributed by atoms with Gasteiger partial charge in [0, 0.05) is 6.61 Å². The van der Waals surface area contributed by atoms with E-state index in [2.05, 4.69) is 6.92 Å². The van der Waals surface area contributed by atoms with Gasteiger partial charge in [-0.1, -0.05) is 6.92 Å². The van der Waals surface area contributed by atoms with Gasteiger partial charge in [0.05, 0.1) is 0 Å². The molecule has 1 nitrogen and oxygen atoms in total. The van der Waals surface area contributed by atoms with E-state index in [0.717, 1.165) is 0 Å². The zero-order chi connectivity index (χ0) is 7.45. The van der Waals surface area contributed by atoms with Crippen LogP contribution in [0.1, 0.15) is 26.2 Å². The highest BCUT2D eigenvalue weighted by Gasteiger charge is 2.40. The highest BCUT2D eigenvalue weighted by molar-refractivity contribution is 7.99. The van der Waals surface area contributed by atoms with Crippen LogP contribution >= 0.6 is 11.8 Å². The van der Waals surface area contributed by atoms with Gasteiger partial charge in [-0.2, -0.15) is 11.8 Å². The van der Waals surface area contributed by atoms with E-state index in [1.165, 1.54) is 30.8 Å². The molecule has 10 heavy (non-hydrogen) atoms. The predicted octanol–water partition coefficient (Wildman–Crippen LogP) is 1.90. The van der Waals surface area contributed by atoms with Gasteiger partial charge in [-0.05, 0) is 36.2 Å². The topological polar surface area (TPSA) is 20.2 Å². The summed E-state index contributed by atoms with van der Waals surface area (Å²) in [4.78, 5) is 0. The van der Waals surface area contributed by atoms with Crippen LogP contribution in [0.15, 0.2) is 0 Å². The summed E-state index contributed by atoms with van der Waals surface area (Å²) in [6, 6.07) is 0. The van der Waals surface area contributed by atoms with Crippen LogP contribution in [-0.4, -0.2) is 23.2 Å². The normalized spacial score (nSPS) is 21.0. The van der Waals surface area contributed by atoms with Crippen LogP contribution in [0.2, 0.25) is 0 Å². The molecule has 0 aliphatic heterocycles. The molecule has 0 amide bonds. The van der Waals surface area contributed by atoms with Crippen molar-refractivity contribution < 1.29 is 5.11 Å². The summed E-state index contributed by atoms with van der Waals surface area (Å²) in [6.45, 7) is 2.60. The molecule has 60 valence electrons. The van der Waals surface area contributed by atoms with Crippen molar-refractivity contribution in [3.63, 3.8) is 0 Å². The number of hydrogen-bond donors (Lipinski definition) is 1. The van der Waals surface area contributed by atoms with Gasteiger partial charge in [0.25, 0.3) is 0 Å². The van der Waals surface area contributed by atoms with Crippen LogP contribution in [0.4, 0.5) is 0 Å². The van der Waals surface area contributed by atoms with E-state index in [9.17, 15) is 0 Å². The highest BCUT2D eigenvalue weighted by Crippen LogP contribution is 2.48. The van der Waals surface area contributed by atoms with Crippen molar-refractivity contribution in [3.8, 4) is 0 Å². The SMILES string of the molecule is CCSCCC1(CO)CC1. The van der Waals surface area contributed by atoms with Gasteiger partial charge >= 0.3 is 0 Å². The molecule has 1 rings (SSSR count). The van der Waals surface area contributed by atoms with Gasteiger partial charge in [-0.3, -0.25) is 0 Å². The molecule has 1 N–H and O–H groups in total. The van der Waals surface area contributed by atoms with Crippen molar-refractivity contribution >= 4 is 11.8 Å². The Morgan fingerprint density at radius 2 is 2.20 bits per heavy atom. The van der Waals surface area contributed by atoms with Gasteiger partial charge in [-0.25, -0.2) is 0 Å². The number of hydrogen-bond acceptors (Lipinski definition) is 2. The third-order valence-electron chi connectivity index (χ3n) is 2.27. The van der Waals surface area contributed by atoms with Gasteiger partial charge in [0.1, 0.15) is 0 Å². The summed E-state index contributed by atoms with van der Waals surface area (Å²) in [7, 11) is 0. The maximum absolute atomic E-state index is 8.95. The van der Waals surface area contributed by atoms with Crippen LogP contribution in [0.25, 0.3) is 0 Å². The third kappa shape index (κ3) is 2.17. The fraction of sp³-hybridized carbons (Fsp3) is 1.00. The van der Waals surface area contributed by atoms with E-state index in [0.29, 0.717) is 12.0 Å². The number of rotatable bonds is 5. The average molecular weight is 160 g/mol. The van der Waals surface area contributed by atoms with E-state index in [4.69, 9.17) is 5.11 Å². The maximum Gasteiger partial charge on any atom is 0.0487 e. The Morgan fingerprint density at radius 1 is 1.50 bits per heavy atom. The van der Waals surface area contributed by atoms with Crippen molar-refractivity contribution in [2.24, 2.45) is 5.41 Å². The molecule has 1 saturated carbocycles. The van der Waals surface area contributed by atoms with Crippen molar-refractivity contribution in [3.05, 3.63) is 0 Å². The van der Waals surface area contributed by atoms with E-state index in [1.807, 2.05) is 11.8 Å². The molecule has 1 fully saturated rings. The molecule has 1 aliphatic carbocycles. The molecule has 2 heteroatoms. The summed E-state index contributed by atoms with van der Waals surface area (Å²) in [5.74, 6) is 2.44. The van der Waals surface area contributed by atoms with Crippen molar-refractivity contribution in [1.29, 1.82) is 0 Å². The van der Waals surface area contributed by atoms with Crippen LogP contribution < -0.4 is 0 Å². The first-order chi connectivity index (χ1) is 4.83. The Balaban J connectivity index is 2.01. The zero-order valence-electron chi connectivity index (χ0n) is 6.60. The Morgan fingerprint density at radius 3 is 2.60 bits per heavy atom. The average Bonchev–Trinajstić information content (AvgIpc) is 2.70. The van der Waals surface area contributed by atoms with Crippen LogP contribution in [0, 0.1) is 5.41 Å². The second kappa shape index (κ2) is 3.63. The van der Waals surface area contributed by atoms with E-state index >= 15 is 0 Å². The largest absolute Gasteiger partial charge is 0.396 e. The highest BCUT2D eigenvalue weighted by atomic mass is 32.2. The lowest BCUT2D eigenvalue weighted by molar-refractivity contribution is 0.209. The van der Waals surface area contributed by atoms with Gasteiger partial charge in [-0.15, -0.1) is 0 Å². The molecular formula is C8H16OS. The maximum atomic E-state index is 8.95. The second-order valence-corrected chi connectivity index (χ2v) is 4.50. The van der Waals surface area contributed by atoms with Gasteiger partial charge in [0.15, 0.2) is 0 Å². The molecule has 0 aromatic carbocycles. The number of thioether (sulfide) groups is 1. The van der Waals surface area contributed by atoms with E-state index in [1.54, 1.807) is 0 Å². The van der Waals surface area contributed by atoms with Crippen molar-refractivity contribution in [2.75, 3.05) is 18.1 Å². The standard InChI is InChI=1S/C8H16OS/c1-2-10-6-5-8(7-9)3-4-8/h9H,2-7H2,1H3. The first-order valence-electron chi connectivity index (χ1n) is 4.01. The predicted molar refractivity (Wildman–Crippen MR) is 46.4 cm³/mol. The first-order valence-corrected chi connectivity index (χ1v) is 5.17. The fourth-order valence-corrected chi connectivity index (χ4v) is 1.96. The molecule has 0 unspecified atom stereocenters. The minimum Gasteiger partial charge on any atom is -0.396 e. The lowest BCUT2D eigenvalue weighted by Gasteiger charge is -2.09. The first kappa shape index (κ1) is 8.41. The van der Waals surface area contributed by atoms with Crippen molar-refractivity contribution in [2.45, 2.75) is 26.2 Å². The monoisotopic (exact) mass is 160 g/mol. The number of aliphatic hydroxyl groups excluding tert-OH is 1. The second-order valence-electron chi connectivity index (χ2n) is 3.11. The Kier molecular flexibility index (Phi) is 3.05.